The zero-order valence-electron chi connectivity index (χ0n) is 11.6. The molecule has 0 radical (unpaired) electrons. The molecule has 5 nitrogen and oxygen atoms in total. The summed E-state index contributed by atoms with van der Waals surface area (Å²) in [6.45, 7) is 10.2. The van der Waals surface area contributed by atoms with Gasteiger partial charge in [0.1, 0.15) is 5.60 Å². The molecule has 2 aliphatic heterocycles. The summed E-state index contributed by atoms with van der Waals surface area (Å²) in [5.74, 6) is 0.969. The Labute approximate surface area is 108 Å². The predicted octanol–water partition coefficient (Wildman–Crippen LogP) is 1.33. The fourth-order valence-electron chi connectivity index (χ4n) is 2.73. The Kier molecular flexibility index (Phi) is 3.25. The molecule has 0 aromatic rings. The molecule has 2 saturated heterocycles. The second kappa shape index (κ2) is 4.44. The monoisotopic (exact) mass is 254 g/mol. The fourth-order valence-corrected chi connectivity index (χ4v) is 2.73. The van der Waals surface area contributed by atoms with Gasteiger partial charge in [-0.3, -0.25) is 4.79 Å². The van der Waals surface area contributed by atoms with Crippen LogP contribution in [0.3, 0.4) is 0 Å². The molecule has 0 aromatic carbocycles. The van der Waals surface area contributed by atoms with E-state index in [9.17, 15) is 9.59 Å². The fraction of sp³-hybridized carbons (Fsp3) is 0.846. The van der Waals surface area contributed by atoms with Crippen molar-refractivity contribution >= 4 is 12.0 Å². The van der Waals surface area contributed by atoms with Crippen molar-refractivity contribution in [2.24, 2.45) is 11.8 Å². The third-order valence-electron chi connectivity index (χ3n) is 3.58. The van der Waals surface area contributed by atoms with Crippen LogP contribution in [0.2, 0.25) is 0 Å². The molecule has 0 unspecified atom stereocenters. The number of carbonyl (C=O) groups is 2. The first-order valence-electron chi connectivity index (χ1n) is 6.49. The minimum Gasteiger partial charge on any atom is -0.444 e. The van der Waals surface area contributed by atoms with Gasteiger partial charge in [0.25, 0.3) is 0 Å². The van der Waals surface area contributed by atoms with Crippen LogP contribution in [-0.2, 0) is 9.53 Å². The van der Waals surface area contributed by atoms with E-state index in [1.807, 2.05) is 25.7 Å². The average molecular weight is 254 g/mol. The first kappa shape index (κ1) is 13.2. The molecule has 2 heterocycles. The third kappa shape index (κ3) is 2.76. The van der Waals surface area contributed by atoms with Crippen LogP contribution in [0, 0.1) is 11.8 Å². The number of hydrogen-bond donors (Lipinski definition) is 0. The van der Waals surface area contributed by atoms with Crippen LogP contribution >= 0.6 is 0 Å². The predicted molar refractivity (Wildman–Crippen MR) is 67.0 cm³/mol. The Morgan fingerprint density at radius 2 is 1.44 bits per heavy atom. The molecular weight excluding hydrogens is 232 g/mol. The summed E-state index contributed by atoms with van der Waals surface area (Å²) in [4.78, 5) is 26.9. The normalized spacial score (nSPS) is 27.3. The number of fused-ring (bicyclic) bond motifs is 1. The molecule has 0 bridgehead atoms. The summed E-state index contributed by atoms with van der Waals surface area (Å²) in [5, 5.41) is 0. The SMILES string of the molecule is CC(=O)N1C[C@@H]2CN(C(=O)OC(C)(C)C)C[C@@H]2C1. The van der Waals surface area contributed by atoms with E-state index in [4.69, 9.17) is 4.74 Å². The molecule has 2 fully saturated rings. The first-order chi connectivity index (χ1) is 8.26. The maximum Gasteiger partial charge on any atom is 0.410 e. The summed E-state index contributed by atoms with van der Waals surface area (Å²) in [7, 11) is 0. The second-order valence-corrected chi connectivity index (χ2v) is 6.33. The lowest BCUT2D eigenvalue weighted by molar-refractivity contribution is -0.128. The summed E-state index contributed by atoms with van der Waals surface area (Å²) in [5.41, 5.74) is -0.444. The van der Waals surface area contributed by atoms with Crippen molar-refractivity contribution in [1.29, 1.82) is 0 Å². The van der Waals surface area contributed by atoms with Crippen LogP contribution < -0.4 is 0 Å². The summed E-state index contributed by atoms with van der Waals surface area (Å²) in [6.07, 6.45) is -0.230. The lowest BCUT2D eigenvalue weighted by atomic mass is 10.0. The second-order valence-electron chi connectivity index (χ2n) is 6.33. The zero-order valence-corrected chi connectivity index (χ0v) is 11.6. The van der Waals surface area contributed by atoms with Gasteiger partial charge >= 0.3 is 6.09 Å². The third-order valence-corrected chi connectivity index (χ3v) is 3.58. The Hall–Kier alpha value is -1.26. The molecule has 0 aliphatic carbocycles. The van der Waals surface area contributed by atoms with E-state index in [1.54, 1.807) is 11.8 Å². The van der Waals surface area contributed by atoms with Gasteiger partial charge in [-0.1, -0.05) is 0 Å². The number of hydrogen-bond acceptors (Lipinski definition) is 3. The van der Waals surface area contributed by atoms with Crippen molar-refractivity contribution in [3.05, 3.63) is 0 Å². The highest BCUT2D eigenvalue weighted by atomic mass is 16.6. The number of nitrogens with zero attached hydrogens (tertiary/aromatic N) is 2. The number of likely N-dealkylation sites (tertiary alicyclic amines) is 2. The van der Waals surface area contributed by atoms with Gasteiger partial charge in [-0.25, -0.2) is 4.79 Å². The van der Waals surface area contributed by atoms with Crippen molar-refractivity contribution in [2.45, 2.75) is 33.3 Å². The quantitative estimate of drug-likeness (QED) is 0.655. The molecule has 2 aliphatic rings. The van der Waals surface area contributed by atoms with Crippen LogP contribution in [0.1, 0.15) is 27.7 Å². The summed E-state index contributed by atoms with van der Waals surface area (Å²) >= 11 is 0. The van der Waals surface area contributed by atoms with E-state index < -0.39 is 5.60 Å². The lowest BCUT2D eigenvalue weighted by Crippen LogP contribution is -2.38. The van der Waals surface area contributed by atoms with Crippen LogP contribution in [-0.4, -0.2) is 53.6 Å². The van der Waals surface area contributed by atoms with Gasteiger partial charge in [-0.05, 0) is 20.8 Å². The first-order valence-corrected chi connectivity index (χ1v) is 6.49. The minimum atomic E-state index is -0.444. The highest BCUT2D eigenvalue weighted by Gasteiger charge is 2.43. The lowest BCUT2D eigenvalue weighted by Gasteiger charge is -2.25. The largest absolute Gasteiger partial charge is 0.444 e. The van der Waals surface area contributed by atoms with Crippen molar-refractivity contribution in [3.63, 3.8) is 0 Å². The van der Waals surface area contributed by atoms with Gasteiger partial charge < -0.3 is 14.5 Å². The van der Waals surface area contributed by atoms with Gasteiger partial charge in [0.05, 0.1) is 0 Å². The van der Waals surface area contributed by atoms with Gasteiger partial charge in [0.2, 0.25) is 5.91 Å². The van der Waals surface area contributed by atoms with E-state index in [1.165, 1.54) is 0 Å². The van der Waals surface area contributed by atoms with Gasteiger partial charge in [0, 0.05) is 44.9 Å². The Balaban J connectivity index is 1.89. The van der Waals surface area contributed by atoms with Crippen molar-refractivity contribution in [3.8, 4) is 0 Å². The molecule has 0 spiro atoms. The van der Waals surface area contributed by atoms with E-state index >= 15 is 0 Å². The summed E-state index contributed by atoms with van der Waals surface area (Å²) < 4.78 is 5.37. The van der Waals surface area contributed by atoms with Gasteiger partial charge in [-0.2, -0.15) is 0 Å². The standard InChI is InChI=1S/C13H22N2O3/c1-9(16)14-5-10-7-15(8-11(10)6-14)12(17)18-13(2,3)4/h10-11H,5-8H2,1-4H3/t10-,11+. The molecule has 0 aromatic heterocycles. The van der Waals surface area contributed by atoms with Crippen LogP contribution in [0.5, 0.6) is 0 Å². The van der Waals surface area contributed by atoms with Crippen molar-refractivity contribution < 1.29 is 14.3 Å². The van der Waals surface area contributed by atoms with Gasteiger partial charge in [0.15, 0.2) is 0 Å². The van der Waals surface area contributed by atoms with E-state index in [-0.39, 0.29) is 12.0 Å². The molecule has 18 heavy (non-hydrogen) atoms. The number of ether oxygens (including phenoxy) is 1. The number of carbonyl (C=O) groups excluding carboxylic acids is 2. The highest BCUT2D eigenvalue weighted by Crippen LogP contribution is 2.31. The molecule has 102 valence electrons. The van der Waals surface area contributed by atoms with Crippen LogP contribution in [0.15, 0.2) is 0 Å². The molecule has 2 amide bonds. The highest BCUT2D eigenvalue weighted by molar-refractivity contribution is 5.74. The van der Waals surface area contributed by atoms with E-state index in [2.05, 4.69) is 0 Å². The van der Waals surface area contributed by atoms with Crippen molar-refractivity contribution in [1.82, 2.24) is 9.80 Å². The Morgan fingerprint density at radius 3 is 1.83 bits per heavy atom. The van der Waals surface area contributed by atoms with E-state index in [0.29, 0.717) is 24.9 Å². The van der Waals surface area contributed by atoms with Gasteiger partial charge in [-0.15, -0.1) is 0 Å². The smallest absolute Gasteiger partial charge is 0.410 e. The Morgan fingerprint density at radius 1 is 1.00 bits per heavy atom. The summed E-state index contributed by atoms with van der Waals surface area (Å²) in [6, 6.07) is 0. The topological polar surface area (TPSA) is 49.9 Å². The van der Waals surface area contributed by atoms with Crippen LogP contribution in [0.25, 0.3) is 0 Å². The minimum absolute atomic E-state index is 0.133. The molecule has 0 N–H and O–H groups in total. The number of amides is 2. The maximum atomic E-state index is 11.9. The molecule has 5 heteroatoms. The maximum absolute atomic E-state index is 11.9. The number of rotatable bonds is 0. The van der Waals surface area contributed by atoms with Crippen molar-refractivity contribution in [2.75, 3.05) is 26.2 Å². The Bertz CT molecular complexity index is 348. The zero-order chi connectivity index (χ0) is 13.5. The average Bonchev–Trinajstić information content (AvgIpc) is 2.69. The van der Waals surface area contributed by atoms with Crippen LogP contribution in [0.4, 0.5) is 4.79 Å². The molecular formula is C13H22N2O3. The molecule has 2 rings (SSSR count). The van der Waals surface area contributed by atoms with E-state index in [0.717, 1.165) is 13.1 Å². The molecule has 2 atom stereocenters. The molecule has 0 saturated carbocycles.